The zero-order valence-corrected chi connectivity index (χ0v) is 7.74. The van der Waals surface area contributed by atoms with Gasteiger partial charge in [-0.25, -0.2) is 4.98 Å². The van der Waals surface area contributed by atoms with Gasteiger partial charge in [0, 0.05) is 6.92 Å². The fraction of sp³-hybridized carbons (Fsp3) is 0.286. The molecule has 6 heteroatoms. The number of hydrogen-bond donors (Lipinski definition) is 2. The maximum Gasteiger partial charge on any atom is 0.296 e. The first kappa shape index (κ1) is 10.0. The van der Waals surface area contributed by atoms with Crippen LogP contribution in [0.5, 0.6) is 0 Å². The summed E-state index contributed by atoms with van der Waals surface area (Å²) in [4.78, 5) is 3.70. The average Bonchev–Trinajstić information content (AvgIpc) is 1.94. The van der Waals surface area contributed by atoms with Gasteiger partial charge in [0.2, 0.25) is 0 Å². The Kier molecular flexibility index (Phi) is 2.60. The summed E-state index contributed by atoms with van der Waals surface area (Å²) >= 11 is 0.344. The number of rotatable bonds is 2. The third kappa shape index (κ3) is 3.06. The van der Waals surface area contributed by atoms with Crippen molar-refractivity contribution in [3.8, 4) is 0 Å². The van der Waals surface area contributed by atoms with Crippen LogP contribution in [-0.4, -0.2) is 10.2 Å². The third-order valence-electron chi connectivity index (χ3n) is 1.23. The van der Waals surface area contributed by atoms with Gasteiger partial charge in [0.1, 0.15) is 5.03 Å². The van der Waals surface area contributed by atoms with Crippen molar-refractivity contribution in [2.75, 3.05) is 11.5 Å². The van der Waals surface area contributed by atoms with E-state index >= 15 is 0 Å². The van der Waals surface area contributed by atoms with E-state index in [9.17, 15) is 8.78 Å². The van der Waals surface area contributed by atoms with Gasteiger partial charge in [0.25, 0.3) is 5.25 Å². The van der Waals surface area contributed by atoms with Crippen LogP contribution in [0.15, 0.2) is 17.3 Å². The van der Waals surface area contributed by atoms with E-state index in [-0.39, 0.29) is 10.7 Å². The Balaban J connectivity index is 2.86. The molecule has 0 spiro atoms. The number of hydrogen-bond acceptors (Lipinski definition) is 4. The second-order valence-electron chi connectivity index (χ2n) is 2.56. The number of halogens is 2. The molecule has 0 aromatic carbocycles. The van der Waals surface area contributed by atoms with Crippen LogP contribution in [0, 0.1) is 0 Å². The Morgan fingerprint density at radius 2 is 2.00 bits per heavy atom. The number of nitrogens with zero attached hydrogens (tertiary/aromatic N) is 1. The number of thioether (sulfide) groups is 1. The smallest absolute Gasteiger partial charge is 0.296 e. The van der Waals surface area contributed by atoms with Gasteiger partial charge in [0.15, 0.2) is 0 Å². The molecule has 1 aromatic rings. The fourth-order valence-corrected chi connectivity index (χ4v) is 1.36. The van der Waals surface area contributed by atoms with Gasteiger partial charge in [-0.2, -0.15) is 8.78 Å². The molecular weight excluding hydrogens is 196 g/mol. The van der Waals surface area contributed by atoms with E-state index in [1.54, 1.807) is 0 Å². The molecule has 0 unspecified atom stereocenters. The molecule has 1 aromatic heterocycles. The van der Waals surface area contributed by atoms with Crippen LogP contribution in [0.3, 0.4) is 0 Å². The Morgan fingerprint density at radius 3 is 2.46 bits per heavy atom. The van der Waals surface area contributed by atoms with Gasteiger partial charge in [-0.3, -0.25) is 0 Å². The lowest BCUT2D eigenvalue weighted by atomic mass is 10.4. The second-order valence-corrected chi connectivity index (χ2v) is 3.90. The molecule has 1 rings (SSSR count). The predicted molar refractivity (Wildman–Crippen MR) is 49.5 cm³/mol. The molecule has 0 bridgehead atoms. The Bertz CT molecular complexity index is 311. The number of pyridine rings is 1. The van der Waals surface area contributed by atoms with Crippen LogP contribution in [0.1, 0.15) is 6.92 Å². The molecule has 0 amide bonds. The SMILES string of the molecule is CC(F)(F)Sc1cc(N)c(N)cn1. The quantitative estimate of drug-likeness (QED) is 0.724. The van der Waals surface area contributed by atoms with Crippen molar-refractivity contribution < 1.29 is 8.78 Å². The first-order valence-electron chi connectivity index (χ1n) is 3.46. The normalized spacial score (nSPS) is 11.6. The van der Waals surface area contributed by atoms with E-state index in [1.165, 1.54) is 12.3 Å². The standard InChI is InChI=1S/C7H9F2N3S/c1-7(8,9)13-6-2-4(10)5(11)3-12-6/h2-3H,11H2,1H3,(H2,10,12). The van der Waals surface area contributed by atoms with Crippen LogP contribution in [0.4, 0.5) is 20.2 Å². The molecule has 72 valence electrons. The van der Waals surface area contributed by atoms with Crippen molar-refractivity contribution in [3.05, 3.63) is 12.3 Å². The average molecular weight is 205 g/mol. The largest absolute Gasteiger partial charge is 0.397 e. The highest BCUT2D eigenvalue weighted by atomic mass is 32.2. The number of aromatic nitrogens is 1. The van der Waals surface area contributed by atoms with Crippen molar-refractivity contribution in [2.45, 2.75) is 17.2 Å². The fourth-order valence-electron chi connectivity index (χ4n) is 0.701. The van der Waals surface area contributed by atoms with Crippen molar-refractivity contribution in [1.82, 2.24) is 4.98 Å². The highest BCUT2D eigenvalue weighted by Crippen LogP contribution is 2.35. The molecule has 3 nitrogen and oxygen atoms in total. The lowest BCUT2D eigenvalue weighted by Gasteiger charge is -2.09. The van der Waals surface area contributed by atoms with Crippen LogP contribution in [0.2, 0.25) is 0 Å². The number of anilines is 2. The maximum atomic E-state index is 12.5. The molecule has 0 aliphatic rings. The minimum Gasteiger partial charge on any atom is -0.397 e. The molecular formula is C7H9F2N3S. The van der Waals surface area contributed by atoms with E-state index in [0.29, 0.717) is 17.4 Å². The number of nitrogens with two attached hydrogens (primary N) is 2. The van der Waals surface area contributed by atoms with E-state index in [2.05, 4.69) is 4.98 Å². The second kappa shape index (κ2) is 3.37. The molecule has 0 aliphatic carbocycles. The van der Waals surface area contributed by atoms with Crippen molar-refractivity contribution in [1.29, 1.82) is 0 Å². The lowest BCUT2D eigenvalue weighted by molar-refractivity contribution is 0.129. The van der Waals surface area contributed by atoms with Gasteiger partial charge >= 0.3 is 0 Å². The van der Waals surface area contributed by atoms with Crippen molar-refractivity contribution in [2.24, 2.45) is 0 Å². The first-order valence-corrected chi connectivity index (χ1v) is 4.28. The lowest BCUT2D eigenvalue weighted by Crippen LogP contribution is -2.03. The monoisotopic (exact) mass is 205 g/mol. The topological polar surface area (TPSA) is 64.9 Å². The summed E-state index contributed by atoms with van der Waals surface area (Å²) in [7, 11) is 0. The molecule has 1 heterocycles. The minimum atomic E-state index is -2.85. The number of nitrogen functional groups attached to an aromatic ring is 2. The summed E-state index contributed by atoms with van der Waals surface area (Å²) in [6.07, 6.45) is 1.27. The summed E-state index contributed by atoms with van der Waals surface area (Å²) in [5.74, 6) is 0. The molecule has 13 heavy (non-hydrogen) atoms. The highest BCUT2D eigenvalue weighted by Gasteiger charge is 2.23. The molecule has 0 saturated carbocycles. The summed E-state index contributed by atoms with van der Waals surface area (Å²) in [5, 5.41) is -2.69. The van der Waals surface area contributed by atoms with Gasteiger partial charge in [-0.05, 0) is 17.8 Å². The van der Waals surface area contributed by atoms with Crippen LogP contribution < -0.4 is 11.5 Å². The van der Waals surface area contributed by atoms with E-state index in [0.717, 1.165) is 6.92 Å². The summed E-state index contributed by atoms with van der Waals surface area (Å²) in [6.45, 7) is 0.798. The van der Waals surface area contributed by atoms with E-state index < -0.39 is 5.25 Å². The Morgan fingerprint density at radius 1 is 1.38 bits per heavy atom. The maximum absolute atomic E-state index is 12.5. The summed E-state index contributed by atoms with van der Waals surface area (Å²) in [5.41, 5.74) is 11.3. The van der Waals surface area contributed by atoms with Gasteiger partial charge in [0.05, 0.1) is 17.6 Å². The molecule has 0 atom stereocenters. The zero-order valence-electron chi connectivity index (χ0n) is 6.92. The molecule has 0 aliphatic heterocycles. The Hall–Kier alpha value is -1.04. The predicted octanol–water partition coefficient (Wildman–Crippen LogP) is 1.95. The van der Waals surface area contributed by atoms with Crippen LogP contribution in [-0.2, 0) is 0 Å². The van der Waals surface area contributed by atoms with Crippen LogP contribution >= 0.6 is 11.8 Å². The van der Waals surface area contributed by atoms with E-state index in [4.69, 9.17) is 11.5 Å². The van der Waals surface area contributed by atoms with Gasteiger partial charge in [-0.1, -0.05) is 0 Å². The third-order valence-corrected chi connectivity index (χ3v) is 2.02. The van der Waals surface area contributed by atoms with Crippen LogP contribution in [0.25, 0.3) is 0 Å². The highest BCUT2D eigenvalue weighted by molar-refractivity contribution is 8.00. The van der Waals surface area contributed by atoms with Crippen molar-refractivity contribution >= 4 is 23.1 Å². The summed E-state index contributed by atoms with van der Waals surface area (Å²) < 4.78 is 25.0. The molecule has 0 saturated heterocycles. The van der Waals surface area contributed by atoms with Gasteiger partial charge < -0.3 is 11.5 Å². The Labute approximate surface area is 78.5 Å². The minimum absolute atomic E-state index is 0.166. The number of alkyl halides is 2. The van der Waals surface area contributed by atoms with E-state index in [1.807, 2.05) is 0 Å². The zero-order chi connectivity index (χ0) is 10.1. The molecule has 0 radical (unpaired) electrons. The van der Waals surface area contributed by atoms with Crippen molar-refractivity contribution in [3.63, 3.8) is 0 Å². The molecule has 0 fully saturated rings. The molecule has 4 N–H and O–H groups in total. The first-order chi connectivity index (χ1) is 5.88. The van der Waals surface area contributed by atoms with Gasteiger partial charge in [-0.15, -0.1) is 0 Å². The summed E-state index contributed by atoms with van der Waals surface area (Å²) in [6, 6.07) is 1.33.